The van der Waals surface area contributed by atoms with Crippen molar-refractivity contribution < 1.29 is 14.7 Å². The molecule has 0 atom stereocenters. The standard InChI is InChI=1S/C16H23NO3/c1-16(2,3)13-7-5-12(6-8-13)11-17(4)14(18)9-10-15(19)20/h5-8H,9-11H2,1-4H3,(H,19,20). The van der Waals surface area contributed by atoms with E-state index in [1.165, 1.54) is 5.56 Å². The van der Waals surface area contributed by atoms with Gasteiger partial charge in [-0.05, 0) is 16.5 Å². The lowest BCUT2D eigenvalue weighted by Gasteiger charge is -2.20. The molecule has 0 spiro atoms. The molecule has 1 rings (SSSR count). The Hall–Kier alpha value is -1.84. The Bertz CT molecular complexity index is 471. The van der Waals surface area contributed by atoms with Gasteiger partial charge in [0.2, 0.25) is 5.91 Å². The first kappa shape index (κ1) is 16.2. The first-order valence-electron chi connectivity index (χ1n) is 6.75. The number of benzene rings is 1. The van der Waals surface area contributed by atoms with E-state index in [1.807, 2.05) is 12.1 Å². The minimum Gasteiger partial charge on any atom is -0.481 e. The number of amides is 1. The molecule has 0 radical (unpaired) electrons. The van der Waals surface area contributed by atoms with Crippen molar-refractivity contribution in [3.63, 3.8) is 0 Å². The second kappa shape index (κ2) is 6.55. The molecular weight excluding hydrogens is 254 g/mol. The van der Waals surface area contributed by atoms with Crippen molar-refractivity contribution >= 4 is 11.9 Å². The Labute approximate surface area is 120 Å². The minimum atomic E-state index is -0.943. The molecule has 0 unspecified atom stereocenters. The fourth-order valence-electron chi connectivity index (χ4n) is 1.88. The van der Waals surface area contributed by atoms with Gasteiger partial charge in [-0.25, -0.2) is 0 Å². The lowest BCUT2D eigenvalue weighted by Crippen LogP contribution is -2.26. The molecule has 1 N–H and O–H groups in total. The summed E-state index contributed by atoms with van der Waals surface area (Å²) >= 11 is 0. The number of carboxylic acids is 1. The topological polar surface area (TPSA) is 57.6 Å². The van der Waals surface area contributed by atoms with Gasteiger partial charge in [-0.3, -0.25) is 9.59 Å². The van der Waals surface area contributed by atoms with Crippen LogP contribution in [0.4, 0.5) is 0 Å². The number of hydrogen-bond donors (Lipinski definition) is 1. The quantitative estimate of drug-likeness (QED) is 0.900. The van der Waals surface area contributed by atoms with E-state index in [0.717, 1.165) is 5.56 Å². The first-order valence-corrected chi connectivity index (χ1v) is 6.75. The number of carbonyl (C=O) groups is 2. The zero-order valence-electron chi connectivity index (χ0n) is 12.6. The van der Waals surface area contributed by atoms with Gasteiger partial charge in [-0.2, -0.15) is 0 Å². The van der Waals surface area contributed by atoms with Crippen LogP contribution in [0, 0.1) is 0 Å². The number of carbonyl (C=O) groups excluding carboxylic acids is 1. The normalized spacial score (nSPS) is 11.2. The zero-order valence-corrected chi connectivity index (χ0v) is 12.6. The SMILES string of the molecule is CN(Cc1ccc(C(C)(C)C)cc1)C(=O)CCC(=O)O. The highest BCUT2D eigenvalue weighted by atomic mass is 16.4. The van der Waals surface area contributed by atoms with E-state index >= 15 is 0 Å². The highest BCUT2D eigenvalue weighted by Crippen LogP contribution is 2.22. The number of aliphatic carboxylic acids is 1. The predicted molar refractivity (Wildman–Crippen MR) is 78.5 cm³/mol. The summed E-state index contributed by atoms with van der Waals surface area (Å²) < 4.78 is 0. The maximum atomic E-state index is 11.7. The maximum absolute atomic E-state index is 11.7. The molecule has 110 valence electrons. The van der Waals surface area contributed by atoms with E-state index in [9.17, 15) is 9.59 Å². The molecule has 20 heavy (non-hydrogen) atoms. The third-order valence-electron chi connectivity index (χ3n) is 3.22. The van der Waals surface area contributed by atoms with Crippen molar-refractivity contribution in [2.45, 2.75) is 45.6 Å². The van der Waals surface area contributed by atoms with Gasteiger partial charge < -0.3 is 10.0 Å². The molecule has 0 aliphatic carbocycles. The van der Waals surface area contributed by atoms with Gasteiger partial charge >= 0.3 is 5.97 Å². The van der Waals surface area contributed by atoms with Crippen LogP contribution in [-0.2, 0) is 21.5 Å². The van der Waals surface area contributed by atoms with E-state index in [0.29, 0.717) is 6.54 Å². The Morgan fingerprint density at radius 3 is 2.10 bits per heavy atom. The van der Waals surface area contributed by atoms with E-state index in [-0.39, 0.29) is 24.2 Å². The summed E-state index contributed by atoms with van der Waals surface area (Å²) in [4.78, 5) is 23.8. The fourth-order valence-corrected chi connectivity index (χ4v) is 1.88. The number of nitrogens with zero attached hydrogens (tertiary/aromatic N) is 1. The van der Waals surface area contributed by atoms with Crippen LogP contribution in [0.3, 0.4) is 0 Å². The van der Waals surface area contributed by atoms with Crippen molar-refractivity contribution in [3.8, 4) is 0 Å². The van der Waals surface area contributed by atoms with Gasteiger partial charge in [-0.15, -0.1) is 0 Å². The number of rotatable bonds is 5. The molecule has 0 aliphatic heterocycles. The maximum Gasteiger partial charge on any atom is 0.303 e. The molecule has 4 heteroatoms. The largest absolute Gasteiger partial charge is 0.481 e. The van der Waals surface area contributed by atoms with Crippen LogP contribution < -0.4 is 0 Å². The van der Waals surface area contributed by atoms with Crippen LogP contribution >= 0.6 is 0 Å². The predicted octanol–water partition coefficient (Wildman–Crippen LogP) is 2.81. The van der Waals surface area contributed by atoms with Crippen LogP contribution in [-0.4, -0.2) is 28.9 Å². The van der Waals surface area contributed by atoms with Crippen molar-refractivity contribution in [3.05, 3.63) is 35.4 Å². The molecule has 1 aromatic rings. The Kier molecular flexibility index (Phi) is 5.31. The van der Waals surface area contributed by atoms with E-state index < -0.39 is 5.97 Å². The fraction of sp³-hybridized carbons (Fsp3) is 0.500. The Morgan fingerprint density at radius 2 is 1.65 bits per heavy atom. The summed E-state index contributed by atoms with van der Waals surface area (Å²) in [6.07, 6.45) is -0.0714. The van der Waals surface area contributed by atoms with Gasteiger partial charge in [0.25, 0.3) is 0 Å². The van der Waals surface area contributed by atoms with E-state index in [4.69, 9.17) is 5.11 Å². The molecule has 0 saturated heterocycles. The summed E-state index contributed by atoms with van der Waals surface area (Å²) in [5.74, 6) is -1.09. The third kappa shape index (κ3) is 5.03. The average molecular weight is 277 g/mol. The summed E-state index contributed by atoms with van der Waals surface area (Å²) in [7, 11) is 1.70. The van der Waals surface area contributed by atoms with Crippen LogP contribution in [0.1, 0.15) is 44.7 Å². The lowest BCUT2D eigenvalue weighted by molar-refractivity contribution is -0.140. The highest BCUT2D eigenvalue weighted by Gasteiger charge is 2.14. The van der Waals surface area contributed by atoms with Gasteiger partial charge in [0, 0.05) is 20.0 Å². The third-order valence-corrected chi connectivity index (χ3v) is 3.22. The van der Waals surface area contributed by atoms with E-state index in [1.54, 1.807) is 11.9 Å². The molecule has 0 aliphatic rings. The summed E-state index contributed by atoms with van der Waals surface area (Å²) in [6.45, 7) is 6.97. The Balaban J connectivity index is 2.60. The second-order valence-corrected chi connectivity index (χ2v) is 6.09. The van der Waals surface area contributed by atoms with Gasteiger partial charge in [0.05, 0.1) is 6.42 Å². The number of carboxylic acid groups (broad SMARTS) is 1. The first-order chi connectivity index (χ1) is 9.20. The Morgan fingerprint density at radius 1 is 1.10 bits per heavy atom. The zero-order chi connectivity index (χ0) is 15.3. The molecule has 0 fully saturated rings. The van der Waals surface area contributed by atoms with Gasteiger partial charge in [0.1, 0.15) is 0 Å². The molecule has 1 amide bonds. The monoisotopic (exact) mass is 277 g/mol. The van der Waals surface area contributed by atoms with Crippen LogP contribution in [0.25, 0.3) is 0 Å². The van der Waals surface area contributed by atoms with Crippen LogP contribution in [0.15, 0.2) is 24.3 Å². The molecule has 1 aromatic carbocycles. The van der Waals surface area contributed by atoms with Gasteiger partial charge in [-0.1, -0.05) is 45.0 Å². The summed E-state index contributed by atoms with van der Waals surface area (Å²) in [6, 6.07) is 8.18. The average Bonchev–Trinajstić information content (AvgIpc) is 2.35. The lowest BCUT2D eigenvalue weighted by atomic mass is 9.87. The van der Waals surface area contributed by atoms with Crippen LogP contribution in [0.2, 0.25) is 0 Å². The smallest absolute Gasteiger partial charge is 0.303 e. The molecular formula is C16H23NO3. The number of hydrogen-bond acceptors (Lipinski definition) is 2. The van der Waals surface area contributed by atoms with Crippen molar-refractivity contribution in [2.24, 2.45) is 0 Å². The molecule has 0 bridgehead atoms. The minimum absolute atomic E-state index is 0.0475. The van der Waals surface area contributed by atoms with Crippen molar-refractivity contribution in [2.75, 3.05) is 7.05 Å². The van der Waals surface area contributed by atoms with Crippen molar-refractivity contribution in [1.82, 2.24) is 4.90 Å². The molecule has 0 saturated carbocycles. The summed E-state index contributed by atoms with van der Waals surface area (Å²) in [5.41, 5.74) is 2.41. The van der Waals surface area contributed by atoms with Crippen molar-refractivity contribution in [1.29, 1.82) is 0 Å². The summed E-state index contributed by atoms with van der Waals surface area (Å²) in [5, 5.41) is 8.57. The molecule has 0 aromatic heterocycles. The molecule has 4 nitrogen and oxygen atoms in total. The highest BCUT2D eigenvalue weighted by molar-refractivity contribution is 5.80. The second-order valence-electron chi connectivity index (χ2n) is 6.09. The molecule has 0 heterocycles. The van der Waals surface area contributed by atoms with Gasteiger partial charge in [0.15, 0.2) is 0 Å². The van der Waals surface area contributed by atoms with Crippen LogP contribution in [0.5, 0.6) is 0 Å². The van der Waals surface area contributed by atoms with E-state index in [2.05, 4.69) is 32.9 Å².